The first-order valence-corrected chi connectivity index (χ1v) is 8.07. The van der Waals surface area contributed by atoms with Crippen molar-refractivity contribution >= 4 is 17.4 Å². The molecule has 26 heavy (non-hydrogen) atoms. The van der Waals surface area contributed by atoms with E-state index in [1.807, 2.05) is 37.3 Å². The number of nitrogens with zero attached hydrogens (tertiary/aromatic N) is 3. The van der Waals surface area contributed by atoms with Crippen molar-refractivity contribution < 1.29 is 4.79 Å². The fraction of sp³-hybridized carbons (Fsp3) is 0.100. The molecule has 0 fully saturated rings. The van der Waals surface area contributed by atoms with Crippen LogP contribution in [0, 0.1) is 18.3 Å². The Morgan fingerprint density at radius 2 is 1.96 bits per heavy atom. The van der Waals surface area contributed by atoms with Crippen LogP contribution < -0.4 is 10.6 Å². The second-order valence-electron chi connectivity index (χ2n) is 5.78. The van der Waals surface area contributed by atoms with Gasteiger partial charge in [-0.3, -0.25) is 4.79 Å². The van der Waals surface area contributed by atoms with Gasteiger partial charge in [-0.15, -0.1) is 0 Å². The smallest absolute Gasteiger partial charge is 0.271 e. The van der Waals surface area contributed by atoms with Gasteiger partial charge in [-0.05, 0) is 30.7 Å². The zero-order valence-electron chi connectivity index (χ0n) is 14.2. The molecule has 0 atom stereocenters. The van der Waals surface area contributed by atoms with E-state index in [-0.39, 0.29) is 11.6 Å². The largest absolute Gasteiger partial charge is 0.347 e. The number of carbonyl (C=O) groups excluding carboxylic acids is 1. The molecule has 1 aromatic heterocycles. The Kier molecular flexibility index (Phi) is 5.20. The molecule has 6 heteroatoms. The summed E-state index contributed by atoms with van der Waals surface area (Å²) in [7, 11) is 0. The summed E-state index contributed by atoms with van der Waals surface area (Å²) in [6, 6.07) is 17.1. The Hall–Kier alpha value is -3.72. The van der Waals surface area contributed by atoms with Gasteiger partial charge in [-0.1, -0.05) is 35.9 Å². The van der Waals surface area contributed by atoms with Gasteiger partial charge in [0, 0.05) is 12.2 Å². The Bertz CT molecular complexity index is 960. The summed E-state index contributed by atoms with van der Waals surface area (Å²) < 4.78 is 0. The van der Waals surface area contributed by atoms with Gasteiger partial charge in [0.05, 0.1) is 24.0 Å². The summed E-state index contributed by atoms with van der Waals surface area (Å²) in [5, 5.41) is 14.8. The van der Waals surface area contributed by atoms with Gasteiger partial charge in [0.15, 0.2) is 0 Å². The summed E-state index contributed by atoms with van der Waals surface area (Å²) in [6.07, 6.45) is 2.91. The number of nitrogens with one attached hydrogen (secondary N) is 2. The third kappa shape index (κ3) is 4.42. The van der Waals surface area contributed by atoms with E-state index in [9.17, 15) is 4.79 Å². The maximum atomic E-state index is 12.2. The third-order valence-corrected chi connectivity index (χ3v) is 3.68. The van der Waals surface area contributed by atoms with Crippen LogP contribution in [0.5, 0.6) is 0 Å². The maximum Gasteiger partial charge on any atom is 0.271 e. The first kappa shape index (κ1) is 17.1. The van der Waals surface area contributed by atoms with Crippen LogP contribution in [0.4, 0.5) is 11.5 Å². The number of rotatable bonds is 5. The number of benzene rings is 2. The minimum absolute atomic E-state index is 0.244. The van der Waals surface area contributed by atoms with Crippen LogP contribution in [0.3, 0.4) is 0 Å². The van der Waals surface area contributed by atoms with Gasteiger partial charge in [0.2, 0.25) is 0 Å². The van der Waals surface area contributed by atoms with Crippen molar-refractivity contribution in [3.8, 4) is 6.07 Å². The molecular formula is C20H17N5O. The quantitative estimate of drug-likeness (QED) is 0.741. The summed E-state index contributed by atoms with van der Waals surface area (Å²) in [5.41, 5.74) is 3.70. The molecule has 0 unspecified atom stereocenters. The van der Waals surface area contributed by atoms with Crippen molar-refractivity contribution in [2.75, 3.05) is 5.32 Å². The van der Waals surface area contributed by atoms with Crippen molar-refractivity contribution in [1.82, 2.24) is 15.3 Å². The molecule has 0 radical (unpaired) electrons. The summed E-state index contributed by atoms with van der Waals surface area (Å²) in [5.74, 6) is 0.215. The van der Waals surface area contributed by atoms with Crippen molar-refractivity contribution in [1.29, 1.82) is 5.26 Å². The monoisotopic (exact) mass is 343 g/mol. The van der Waals surface area contributed by atoms with Crippen LogP contribution in [0.1, 0.15) is 27.2 Å². The molecule has 1 heterocycles. The van der Waals surface area contributed by atoms with Crippen LogP contribution in [0.25, 0.3) is 0 Å². The normalized spacial score (nSPS) is 10.0. The predicted molar refractivity (Wildman–Crippen MR) is 98.8 cm³/mol. The standard InChI is InChI=1S/C20H17N5O/c1-14-4-2-6-16(8-14)11-24-20(26)18-12-23-19(13-22-18)25-17-7-3-5-15(9-17)10-21/h2-9,12-13H,11H2,1H3,(H,23,25)(H,24,26). The highest BCUT2D eigenvalue weighted by atomic mass is 16.1. The molecule has 0 saturated carbocycles. The SMILES string of the molecule is Cc1cccc(CNC(=O)c2cnc(Nc3cccc(C#N)c3)cn2)c1. The van der Waals surface area contributed by atoms with Crippen LogP contribution in [-0.4, -0.2) is 15.9 Å². The summed E-state index contributed by atoms with van der Waals surface area (Å²) >= 11 is 0. The zero-order chi connectivity index (χ0) is 18.4. The van der Waals surface area contributed by atoms with Gasteiger partial charge in [0.1, 0.15) is 11.5 Å². The number of carbonyl (C=O) groups is 1. The van der Waals surface area contributed by atoms with E-state index in [2.05, 4.69) is 26.7 Å². The lowest BCUT2D eigenvalue weighted by molar-refractivity contribution is 0.0945. The minimum atomic E-state index is -0.281. The highest BCUT2D eigenvalue weighted by Gasteiger charge is 2.08. The second kappa shape index (κ2) is 7.90. The lowest BCUT2D eigenvalue weighted by Gasteiger charge is -2.07. The first-order valence-electron chi connectivity index (χ1n) is 8.07. The Labute approximate surface area is 151 Å². The van der Waals surface area contributed by atoms with Crippen LogP contribution in [0.15, 0.2) is 60.9 Å². The highest BCUT2D eigenvalue weighted by Crippen LogP contribution is 2.15. The van der Waals surface area contributed by atoms with Crippen molar-refractivity contribution in [3.63, 3.8) is 0 Å². The van der Waals surface area contributed by atoms with Crippen molar-refractivity contribution in [3.05, 3.63) is 83.3 Å². The minimum Gasteiger partial charge on any atom is -0.347 e. The molecule has 2 N–H and O–H groups in total. The molecule has 0 bridgehead atoms. The van der Waals surface area contributed by atoms with Gasteiger partial charge >= 0.3 is 0 Å². The molecule has 0 spiro atoms. The van der Waals surface area contributed by atoms with E-state index in [0.29, 0.717) is 17.9 Å². The highest BCUT2D eigenvalue weighted by molar-refractivity contribution is 5.92. The predicted octanol–water partition coefficient (Wildman–Crippen LogP) is 3.33. The lowest BCUT2D eigenvalue weighted by Crippen LogP contribution is -2.24. The molecule has 1 amide bonds. The van der Waals surface area contributed by atoms with E-state index in [4.69, 9.17) is 5.26 Å². The van der Waals surface area contributed by atoms with E-state index in [1.165, 1.54) is 12.4 Å². The van der Waals surface area contributed by atoms with Crippen molar-refractivity contribution in [2.24, 2.45) is 0 Å². The van der Waals surface area contributed by atoms with Crippen LogP contribution in [-0.2, 0) is 6.54 Å². The Morgan fingerprint density at radius 1 is 1.12 bits per heavy atom. The van der Waals surface area contributed by atoms with Gasteiger partial charge in [-0.2, -0.15) is 5.26 Å². The third-order valence-electron chi connectivity index (χ3n) is 3.68. The van der Waals surface area contributed by atoms with Gasteiger partial charge in [0.25, 0.3) is 5.91 Å². The molecule has 3 aromatic rings. The summed E-state index contributed by atoms with van der Waals surface area (Å²) in [4.78, 5) is 20.5. The van der Waals surface area contributed by atoms with Gasteiger partial charge < -0.3 is 10.6 Å². The molecule has 0 aliphatic heterocycles. The fourth-order valence-corrected chi connectivity index (χ4v) is 2.42. The Balaban J connectivity index is 1.61. The molecule has 128 valence electrons. The number of hydrogen-bond acceptors (Lipinski definition) is 5. The average Bonchev–Trinajstić information content (AvgIpc) is 2.67. The van der Waals surface area contributed by atoms with Crippen molar-refractivity contribution in [2.45, 2.75) is 13.5 Å². The molecule has 0 saturated heterocycles. The molecule has 3 rings (SSSR count). The number of aromatic nitrogens is 2. The molecule has 0 aliphatic carbocycles. The topological polar surface area (TPSA) is 90.7 Å². The molecule has 0 aliphatic rings. The van der Waals surface area contributed by atoms with Gasteiger partial charge in [-0.25, -0.2) is 9.97 Å². The number of hydrogen-bond donors (Lipinski definition) is 2. The van der Waals surface area contributed by atoms with E-state index >= 15 is 0 Å². The van der Waals surface area contributed by atoms with Crippen LogP contribution in [0.2, 0.25) is 0 Å². The molecule has 6 nitrogen and oxygen atoms in total. The maximum absolute atomic E-state index is 12.2. The lowest BCUT2D eigenvalue weighted by atomic mass is 10.1. The molecular weight excluding hydrogens is 326 g/mol. The molecule has 2 aromatic carbocycles. The first-order chi connectivity index (χ1) is 12.6. The number of anilines is 2. The van der Waals surface area contributed by atoms with E-state index in [1.54, 1.807) is 18.2 Å². The number of amides is 1. The Morgan fingerprint density at radius 3 is 2.69 bits per heavy atom. The average molecular weight is 343 g/mol. The number of nitriles is 1. The zero-order valence-corrected chi connectivity index (χ0v) is 14.2. The number of aryl methyl sites for hydroxylation is 1. The fourth-order valence-electron chi connectivity index (χ4n) is 2.42. The second-order valence-corrected chi connectivity index (χ2v) is 5.78. The van der Waals surface area contributed by atoms with E-state index in [0.717, 1.165) is 16.8 Å². The van der Waals surface area contributed by atoms with E-state index < -0.39 is 0 Å². The summed E-state index contributed by atoms with van der Waals surface area (Å²) in [6.45, 7) is 2.44. The van der Waals surface area contributed by atoms with Crippen LogP contribution >= 0.6 is 0 Å².